The first-order valence-corrected chi connectivity index (χ1v) is 9.53. The van der Waals surface area contributed by atoms with Crippen LogP contribution in [0.3, 0.4) is 0 Å². The number of hydrogen-bond donors (Lipinski definition) is 2. The van der Waals surface area contributed by atoms with E-state index in [2.05, 4.69) is 15.3 Å². The number of nitrogens with one attached hydrogen (secondary N) is 2. The number of hydrogen-bond acceptors (Lipinski definition) is 5. The summed E-state index contributed by atoms with van der Waals surface area (Å²) in [5.74, 6) is 0.293. The summed E-state index contributed by atoms with van der Waals surface area (Å²) in [7, 11) is 2.94. The summed E-state index contributed by atoms with van der Waals surface area (Å²) < 4.78 is 10.1. The molecule has 0 aliphatic carbocycles. The van der Waals surface area contributed by atoms with Crippen molar-refractivity contribution in [3.63, 3.8) is 0 Å². The fourth-order valence-electron chi connectivity index (χ4n) is 3.65. The van der Waals surface area contributed by atoms with Crippen LogP contribution in [0.4, 0.5) is 10.5 Å². The second-order valence-corrected chi connectivity index (χ2v) is 6.89. The van der Waals surface area contributed by atoms with Gasteiger partial charge < -0.3 is 24.7 Å². The number of imidazole rings is 1. The zero-order chi connectivity index (χ0) is 21.1. The van der Waals surface area contributed by atoms with Crippen LogP contribution < -0.4 is 10.1 Å². The number of urea groups is 1. The molecule has 2 N–H and O–H groups in total. The fourth-order valence-corrected chi connectivity index (χ4v) is 3.65. The summed E-state index contributed by atoms with van der Waals surface area (Å²) in [4.78, 5) is 34.2. The monoisotopic (exact) mass is 406 g/mol. The molecule has 0 saturated carbocycles. The molecule has 1 aliphatic heterocycles. The molecule has 4 rings (SSSR count). The highest BCUT2D eigenvalue weighted by atomic mass is 16.5. The van der Waals surface area contributed by atoms with Crippen LogP contribution in [0, 0.1) is 0 Å². The third-order valence-electron chi connectivity index (χ3n) is 5.15. The standard InChI is InChI=1S/C22H22N4O4/c1-29-17-5-3-4-15(12-17)20-19-18(23-13-24-19)10-11-26(20)22(28)25-16-8-6-14(7-9-16)21(27)30-2/h3-9,12-13,20H,10-11H2,1-2H3,(H,23,24)(H,25,28)/t20-/m1/s1. The molecule has 154 valence electrons. The maximum absolute atomic E-state index is 13.2. The average Bonchev–Trinajstić information content (AvgIpc) is 3.27. The minimum atomic E-state index is -0.423. The van der Waals surface area contributed by atoms with Crippen LogP contribution in [-0.2, 0) is 11.2 Å². The van der Waals surface area contributed by atoms with Gasteiger partial charge >= 0.3 is 12.0 Å². The van der Waals surface area contributed by atoms with Gasteiger partial charge in [0, 0.05) is 24.3 Å². The summed E-state index contributed by atoms with van der Waals surface area (Å²) in [6.07, 6.45) is 2.34. The number of anilines is 1. The predicted molar refractivity (Wildman–Crippen MR) is 111 cm³/mol. The van der Waals surface area contributed by atoms with Gasteiger partial charge in [0.15, 0.2) is 0 Å². The first kappa shape index (κ1) is 19.5. The van der Waals surface area contributed by atoms with Gasteiger partial charge in [0.25, 0.3) is 0 Å². The van der Waals surface area contributed by atoms with Crippen molar-refractivity contribution < 1.29 is 19.1 Å². The lowest BCUT2D eigenvalue weighted by molar-refractivity contribution is 0.0600. The number of aromatic nitrogens is 2. The van der Waals surface area contributed by atoms with Gasteiger partial charge in [-0.15, -0.1) is 0 Å². The summed E-state index contributed by atoms with van der Waals surface area (Å²) in [5, 5.41) is 2.91. The smallest absolute Gasteiger partial charge is 0.337 e. The number of carbonyl (C=O) groups is 2. The number of nitrogens with zero attached hydrogens (tertiary/aromatic N) is 2. The Morgan fingerprint density at radius 3 is 2.70 bits per heavy atom. The molecule has 0 bridgehead atoms. The molecule has 2 heterocycles. The Bertz CT molecular complexity index is 1060. The number of H-pyrrole nitrogens is 1. The highest BCUT2D eigenvalue weighted by molar-refractivity contribution is 5.92. The lowest BCUT2D eigenvalue weighted by Crippen LogP contribution is -2.43. The predicted octanol–water partition coefficient (Wildman–Crippen LogP) is 3.38. The van der Waals surface area contributed by atoms with Crippen LogP contribution in [0.2, 0.25) is 0 Å². The van der Waals surface area contributed by atoms with Gasteiger partial charge in [-0.25, -0.2) is 14.6 Å². The number of carbonyl (C=O) groups excluding carboxylic acids is 2. The van der Waals surface area contributed by atoms with Crippen molar-refractivity contribution in [1.82, 2.24) is 14.9 Å². The molecule has 2 amide bonds. The third-order valence-corrected chi connectivity index (χ3v) is 5.15. The van der Waals surface area contributed by atoms with Crippen molar-refractivity contribution in [2.24, 2.45) is 0 Å². The van der Waals surface area contributed by atoms with E-state index in [0.717, 1.165) is 17.0 Å². The molecule has 1 aromatic heterocycles. The molecule has 0 spiro atoms. The number of esters is 1. The van der Waals surface area contributed by atoms with E-state index in [0.29, 0.717) is 30.0 Å². The second kappa shape index (κ2) is 8.28. The number of benzene rings is 2. The maximum Gasteiger partial charge on any atom is 0.337 e. The van der Waals surface area contributed by atoms with Crippen molar-refractivity contribution in [1.29, 1.82) is 0 Å². The van der Waals surface area contributed by atoms with E-state index in [1.165, 1.54) is 7.11 Å². The Kier molecular flexibility index (Phi) is 5.38. The summed E-state index contributed by atoms with van der Waals surface area (Å²) in [5.41, 5.74) is 3.77. The van der Waals surface area contributed by atoms with E-state index in [-0.39, 0.29) is 12.1 Å². The van der Waals surface area contributed by atoms with E-state index in [9.17, 15) is 9.59 Å². The van der Waals surface area contributed by atoms with Gasteiger partial charge in [0.1, 0.15) is 11.8 Å². The Hall–Kier alpha value is -3.81. The number of methoxy groups -OCH3 is 2. The van der Waals surface area contributed by atoms with Gasteiger partial charge in [-0.3, -0.25) is 0 Å². The average molecular weight is 406 g/mol. The Labute approximate surface area is 173 Å². The summed E-state index contributed by atoms with van der Waals surface area (Å²) in [6, 6.07) is 13.6. The van der Waals surface area contributed by atoms with E-state index in [1.54, 1.807) is 42.6 Å². The highest BCUT2D eigenvalue weighted by Crippen LogP contribution is 2.35. The molecule has 0 saturated heterocycles. The van der Waals surface area contributed by atoms with Crippen molar-refractivity contribution in [2.45, 2.75) is 12.5 Å². The molecule has 0 radical (unpaired) electrons. The first-order valence-electron chi connectivity index (χ1n) is 9.53. The van der Waals surface area contributed by atoms with Crippen molar-refractivity contribution >= 4 is 17.7 Å². The quantitative estimate of drug-likeness (QED) is 0.648. The lowest BCUT2D eigenvalue weighted by atomic mass is 9.96. The number of fused-ring (bicyclic) bond motifs is 1. The number of rotatable bonds is 4. The normalized spacial score (nSPS) is 15.3. The minimum absolute atomic E-state index is 0.248. The number of ether oxygens (including phenoxy) is 2. The largest absolute Gasteiger partial charge is 0.497 e. The molecule has 8 heteroatoms. The molecular weight excluding hydrogens is 384 g/mol. The molecule has 3 aromatic rings. The fraction of sp³-hybridized carbons (Fsp3) is 0.227. The molecule has 8 nitrogen and oxygen atoms in total. The molecule has 30 heavy (non-hydrogen) atoms. The topological polar surface area (TPSA) is 96.6 Å². The van der Waals surface area contributed by atoms with Gasteiger partial charge in [0.2, 0.25) is 0 Å². The van der Waals surface area contributed by atoms with Gasteiger partial charge in [-0.05, 0) is 42.0 Å². The Balaban J connectivity index is 1.61. The Morgan fingerprint density at radius 2 is 1.97 bits per heavy atom. The zero-order valence-electron chi connectivity index (χ0n) is 16.7. The third kappa shape index (κ3) is 3.71. The zero-order valence-corrected chi connectivity index (χ0v) is 16.7. The molecule has 1 atom stereocenters. The van der Waals surface area contributed by atoms with E-state index >= 15 is 0 Å². The summed E-state index contributed by atoms with van der Waals surface area (Å²) >= 11 is 0. The van der Waals surface area contributed by atoms with Crippen LogP contribution >= 0.6 is 0 Å². The first-order chi connectivity index (χ1) is 14.6. The van der Waals surface area contributed by atoms with Crippen molar-refractivity contribution in [2.75, 3.05) is 26.1 Å². The number of aromatic amines is 1. The van der Waals surface area contributed by atoms with E-state index in [4.69, 9.17) is 9.47 Å². The van der Waals surface area contributed by atoms with Crippen LogP contribution in [0.25, 0.3) is 0 Å². The van der Waals surface area contributed by atoms with Crippen LogP contribution in [0.15, 0.2) is 54.9 Å². The lowest BCUT2D eigenvalue weighted by Gasteiger charge is -2.35. The van der Waals surface area contributed by atoms with Crippen molar-refractivity contribution in [3.05, 3.63) is 77.4 Å². The van der Waals surface area contributed by atoms with Crippen LogP contribution in [0.5, 0.6) is 5.75 Å². The van der Waals surface area contributed by atoms with Crippen LogP contribution in [-0.4, -0.2) is 47.6 Å². The van der Waals surface area contributed by atoms with E-state index < -0.39 is 5.97 Å². The summed E-state index contributed by atoms with van der Waals surface area (Å²) in [6.45, 7) is 0.531. The van der Waals surface area contributed by atoms with Gasteiger partial charge in [0.05, 0.1) is 31.8 Å². The molecular formula is C22H22N4O4. The second-order valence-electron chi connectivity index (χ2n) is 6.89. The molecule has 0 fully saturated rings. The molecule has 1 aliphatic rings. The molecule has 0 unspecified atom stereocenters. The minimum Gasteiger partial charge on any atom is -0.497 e. The van der Waals surface area contributed by atoms with Gasteiger partial charge in [-0.2, -0.15) is 0 Å². The Morgan fingerprint density at radius 1 is 1.17 bits per heavy atom. The SMILES string of the molecule is COC(=O)c1ccc(NC(=O)N2CCc3[nH]cnc3[C@H]2c2cccc(OC)c2)cc1. The number of amides is 2. The van der Waals surface area contributed by atoms with Crippen molar-refractivity contribution in [3.8, 4) is 5.75 Å². The van der Waals surface area contributed by atoms with Crippen LogP contribution in [0.1, 0.15) is 33.4 Å². The maximum atomic E-state index is 13.2. The van der Waals surface area contributed by atoms with Gasteiger partial charge in [-0.1, -0.05) is 12.1 Å². The molecule has 2 aromatic carbocycles. The van der Waals surface area contributed by atoms with E-state index in [1.807, 2.05) is 24.3 Å². The highest BCUT2D eigenvalue weighted by Gasteiger charge is 2.34.